The highest BCUT2D eigenvalue weighted by atomic mass is 15.3. The van der Waals surface area contributed by atoms with E-state index in [0.29, 0.717) is 12.0 Å². The van der Waals surface area contributed by atoms with Gasteiger partial charge in [-0.3, -0.25) is 4.68 Å². The molecule has 1 atom stereocenters. The van der Waals surface area contributed by atoms with Gasteiger partial charge in [-0.1, -0.05) is 68.4 Å². The Kier molecular flexibility index (Phi) is 3.33. The largest absolute Gasteiger partial charge is 0.261 e. The lowest BCUT2D eigenvalue weighted by Crippen LogP contribution is -2.14. The van der Waals surface area contributed by atoms with Crippen molar-refractivity contribution in [3.8, 4) is 22.5 Å². The second-order valence-electron chi connectivity index (χ2n) is 6.80. The summed E-state index contributed by atoms with van der Waals surface area (Å²) in [5.41, 5.74) is 7.83. The van der Waals surface area contributed by atoms with E-state index < -0.39 is 0 Å². The molecule has 0 spiro atoms. The second kappa shape index (κ2) is 5.38. The van der Waals surface area contributed by atoms with Gasteiger partial charge in [0.25, 0.3) is 0 Å². The summed E-state index contributed by atoms with van der Waals surface area (Å²) in [6, 6.07) is 19.7. The molecule has 0 radical (unpaired) electrons. The maximum Gasteiger partial charge on any atom is 0.0965 e. The zero-order chi connectivity index (χ0) is 16.0. The fraction of sp³-hybridized carbons (Fsp3) is 0.286. The van der Waals surface area contributed by atoms with E-state index in [9.17, 15) is 0 Å². The molecule has 2 heteroatoms. The molecular weight excluding hydrogens is 280 g/mol. The van der Waals surface area contributed by atoms with Crippen molar-refractivity contribution in [1.29, 1.82) is 0 Å². The molecule has 1 unspecified atom stereocenters. The van der Waals surface area contributed by atoms with Gasteiger partial charge in [0, 0.05) is 23.1 Å². The molecule has 0 aliphatic heterocycles. The van der Waals surface area contributed by atoms with Crippen LogP contribution in [-0.2, 0) is 6.42 Å². The number of nitrogens with zero attached hydrogens (tertiary/aromatic N) is 2. The molecule has 23 heavy (non-hydrogen) atoms. The number of fused-ring (bicyclic) bond motifs is 3. The minimum atomic E-state index is 0.382. The molecule has 1 aliphatic rings. The maximum absolute atomic E-state index is 5.04. The third kappa shape index (κ3) is 2.21. The molecule has 2 nitrogen and oxygen atoms in total. The van der Waals surface area contributed by atoms with E-state index in [4.69, 9.17) is 5.10 Å². The SMILES string of the molecule is CC(C)C(C)n1nc(-c2ccccc2)c2c1-c1ccccc1C2. The highest BCUT2D eigenvalue weighted by Crippen LogP contribution is 2.43. The lowest BCUT2D eigenvalue weighted by molar-refractivity contribution is 0.380. The summed E-state index contributed by atoms with van der Waals surface area (Å²) in [5, 5.41) is 5.04. The van der Waals surface area contributed by atoms with Crippen molar-refractivity contribution < 1.29 is 0 Å². The van der Waals surface area contributed by atoms with Crippen LogP contribution in [0.5, 0.6) is 0 Å². The van der Waals surface area contributed by atoms with E-state index in [-0.39, 0.29) is 0 Å². The first-order chi connectivity index (χ1) is 11.2. The average molecular weight is 302 g/mol. The van der Waals surface area contributed by atoms with Gasteiger partial charge in [-0.2, -0.15) is 5.10 Å². The van der Waals surface area contributed by atoms with E-state index in [2.05, 4.69) is 80.1 Å². The smallest absolute Gasteiger partial charge is 0.0965 e. The topological polar surface area (TPSA) is 17.8 Å². The summed E-state index contributed by atoms with van der Waals surface area (Å²) in [6.07, 6.45) is 0.987. The summed E-state index contributed by atoms with van der Waals surface area (Å²) in [7, 11) is 0. The summed E-state index contributed by atoms with van der Waals surface area (Å²) >= 11 is 0. The van der Waals surface area contributed by atoms with Crippen molar-refractivity contribution in [1.82, 2.24) is 9.78 Å². The third-order valence-corrected chi connectivity index (χ3v) is 5.05. The van der Waals surface area contributed by atoms with E-state index in [0.717, 1.165) is 12.1 Å². The Hall–Kier alpha value is -2.35. The van der Waals surface area contributed by atoms with Gasteiger partial charge in [0.2, 0.25) is 0 Å². The fourth-order valence-electron chi connectivity index (χ4n) is 3.42. The van der Waals surface area contributed by atoms with Crippen LogP contribution in [-0.4, -0.2) is 9.78 Å². The first kappa shape index (κ1) is 14.3. The highest BCUT2D eigenvalue weighted by molar-refractivity contribution is 5.81. The van der Waals surface area contributed by atoms with Gasteiger partial charge in [-0.05, 0) is 18.4 Å². The molecule has 3 aromatic rings. The van der Waals surface area contributed by atoms with Gasteiger partial charge in [-0.15, -0.1) is 0 Å². The number of hydrogen-bond acceptors (Lipinski definition) is 1. The molecule has 0 amide bonds. The van der Waals surface area contributed by atoms with E-state index in [1.807, 2.05) is 0 Å². The lowest BCUT2D eigenvalue weighted by Gasteiger charge is -2.19. The zero-order valence-corrected chi connectivity index (χ0v) is 14.0. The van der Waals surface area contributed by atoms with Crippen LogP contribution < -0.4 is 0 Å². The van der Waals surface area contributed by atoms with Crippen LogP contribution >= 0.6 is 0 Å². The predicted molar refractivity (Wildman–Crippen MR) is 95.5 cm³/mol. The van der Waals surface area contributed by atoms with Crippen LogP contribution in [0, 0.1) is 5.92 Å². The first-order valence-corrected chi connectivity index (χ1v) is 8.42. The number of aromatic nitrogens is 2. The monoisotopic (exact) mass is 302 g/mol. The van der Waals surface area contributed by atoms with Gasteiger partial charge in [0.05, 0.1) is 17.4 Å². The van der Waals surface area contributed by atoms with Gasteiger partial charge in [-0.25, -0.2) is 0 Å². The van der Waals surface area contributed by atoms with Crippen LogP contribution in [0.4, 0.5) is 0 Å². The van der Waals surface area contributed by atoms with Crippen LogP contribution in [0.3, 0.4) is 0 Å². The Morgan fingerprint density at radius 3 is 2.35 bits per heavy atom. The van der Waals surface area contributed by atoms with Crippen molar-refractivity contribution >= 4 is 0 Å². The standard InChI is InChI=1S/C21H22N2/c1-14(2)15(3)23-21-18-12-8-7-11-17(18)13-19(21)20(22-23)16-9-5-4-6-10-16/h4-12,14-15H,13H2,1-3H3. The van der Waals surface area contributed by atoms with Crippen LogP contribution in [0.15, 0.2) is 54.6 Å². The Balaban J connectivity index is 1.96. The molecule has 116 valence electrons. The zero-order valence-electron chi connectivity index (χ0n) is 14.0. The molecule has 0 saturated carbocycles. The van der Waals surface area contributed by atoms with Crippen LogP contribution in [0.1, 0.15) is 37.9 Å². The summed E-state index contributed by atoms with van der Waals surface area (Å²) in [5.74, 6) is 0.551. The predicted octanol–water partition coefficient (Wildman–Crippen LogP) is 5.34. The summed E-state index contributed by atoms with van der Waals surface area (Å²) in [4.78, 5) is 0. The number of benzene rings is 2. The second-order valence-corrected chi connectivity index (χ2v) is 6.80. The minimum absolute atomic E-state index is 0.382. The maximum atomic E-state index is 5.04. The Labute approximate surface area is 137 Å². The number of hydrogen-bond donors (Lipinski definition) is 0. The lowest BCUT2D eigenvalue weighted by atomic mass is 10.0. The summed E-state index contributed by atoms with van der Waals surface area (Å²) in [6.45, 7) is 6.80. The average Bonchev–Trinajstić information content (AvgIpc) is 3.12. The van der Waals surface area contributed by atoms with Crippen molar-refractivity contribution in [3.63, 3.8) is 0 Å². The van der Waals surface area contributed by atoms with E-state index in [1.165, 1.54) is 27.9 Å². The van der Waals surface area contributed by atoms with Crippen molar-refractivity contribution in [3.05, 3.63) is 65.7 Å². The molecule has 1 aromatic heterocycles. The van der Waals surface area contributed by atoms with Gasteiger partial charge in [0.1, 0.15) is 0 Å². The molecular formula is C21H22N2. The quantitative estimate of drug-likeness (QED) is 0.499. The molecule has 1 aliphatic carbocycles. The first-order valence-electron chi connectivity index (χ1n) is 8.42. The molecule has 0 saturated heterocycles. The van der Waals surface area contributed by atoms with Crippen LogP contribution in [0.2, 0.25) is 0 Å². The molecule has 0 fully saturated rings. The number of rotatable bonds is 3. The summed E-state index contributed by atoms with van der Waals surface area (Å²) < 4.78 is 2.26. The van der Waals surface area contributed by atoms with E-state index >= 15 is 0 Å². The highest BCUT2D eigenvalue weighted by Gasteiger charge is 2.30. The molecule has 0 bridgehead atoms. The molecule has 0 N–H and O–H groups in total. The van der Waals surface area contributed by atoms with Crippen molar-refractivity contribution in [2.75, 3.05) is 0 Å². The van der Waals surface area contributed by atoms with Crippen molar-refractivity contribution in [2.45, 2.75) is 33.2 Å². The minimum Gasteiger partial charge on any atom is -0.261 e. The molecule has 4 rings (SSSR count). The van der Waals surface area contributed by atoms with Gasteiger partial charge < -0.3 is 0 Å². The van der Waals surface area contributed by atoms with Crippen LogP contribution in [0.25, 0.3) is 22.5 Å². The third-order valence-electron chi connectivity index (χ3n) is 5.05. The Bertz CT molecular complexity index is 844. The fourth-order valence-corrected chi connectivity index (χ4v) is 3.42. The normalized spacial score (nSPS) is 13.9. The Morgan fingerprint density at radius 1 is 0.913 bits per heavy atom. The molecule has 2 aromatic carbocycles. The Morgan fingerprint density at radius 2 is 1.61 bits per heavy atom. The molecule has 1 heterocycles. The van der Waals surface area contributed by atoms with Gasteiger partial charge >= 0.3 is 0 Å². The van der Waals surface area contributed by atoms with Crippen molar-refractivity contribution in [2.24, 2.45) is 5.92 Å². The van der Waals surface area contributed by atoms with Gasteiger partial charge in [0.15, 0.2) is 0 Å². The van der Waals surface area contributed by atoms with E-state index in [1.54, 1.807) is 0 Å².